The van der Waals surface area contributed by atoms with E-state index in [0.717, 1.165) is 21.3 Å². The van der Waals surface area contributed by atoms with Gasteiger partial charge in [0.2, 0.25) is 0 Å². The molecule has 7 heteroatoms. The fourth-order valence-electron chi connectivity index (χ4n) is 3.47. The molecule has 0 aliphatic rings. The largest absolute Gasteiger partial charge is 0.497 e. The number of aromatic nitrogens is 3. The molecule has 1 heterocycles. The second-order valence-electron chi connectivity index (χ2n) is 7.18. The van der Waals surface area contributed by atoms with Crippen molar-refractivity contribution >= 4 is 21.7 Å². The molecule has 162 valence electrons. The predicted octanol–water partition coefficient (Wildman–Crippen LogP) is 5.59. The number of hydrogen-bond acceptors (Lipinski definition) is 5. The van der Waals surface area contributed by atoms with Gasteiger partial charge >= 0.3 is 0 Å². The van der Waals surface area contributed by atoms with Gasteiger partial charge in [-0.2, -0.15) is 15.0 Å². The van der Waals surface area contributed by atoms with Crippen molar-refractivity contribution in [1.29, 1.82) is 0 Å². The van der Waals surface area contributed by atoms with Crippen molar-refractivity contribution < 1.29 is 14.3 Å². The number of hydrogen-bond donors (Lipinski definition) is 0. The van der Waals surface area contributed by atoms with E-state index in [2.05, 4.69) is 21.0 Å². The van der Waals surface area contributed by atoms with Crippen LogP contribution in [0.15, 0.2) is 83.5 Å². The Morgan fingerprint density at radius 2 is 1.72 bits per heavy atom. The van der Waals surface area contributed by atoms with Gasteiger partial charge in [0.25, 0.3) is 0 Å². The van der Waals surface area contributed by atoms with Crippen molar-refractivity contribution in [3.8, 4) is 22.8 Å². The fraction of sp³-hybridized carbons (Fsp3) is 0.160. The van der Waals surface area contributed by atoms with Crippen molar-refractivity contribution in [1.82, 2.24) is 15.0 Å². The van der Waals surface area contributed by atoms with E-state index in [1.807, 2.05) is 48.5 Å². The van der Waals surface area contributed by atoms with Crippen LogP contribution in [0.5, 0.6) is 11.5 Å². The number of nitrogens with zero attached hydrogens (tertiary/aromatic N) is 3. The van der Waals surface area contributed by atoms with Crippen molar-refractivity contribution in [2.45, 2.75) is 12.5 Å². The number of carbonyl (C=O) groups is 1. The monoisotopic (exact) mass is 491 g/mol. The molecule has 0 saturated heterocycles. The highest BCUT2D eigenvalue weighted by Gasteiger charge is 2.23. The zero-order valence-electron chi connectivity index (χ0n) is 17.7. The molecule has 6 nitrogen and oxygen atoms in total. The van der Waals surface area contributed by atoms with Crippen molar-refractivity contribution in [3.05, 3.63) is 94.6 Å². The number of ketones is 1. The summed E-state index contributed by atoms with van der Waals surface area (Å²) in [7, 11) is 3.23. The third kappa shape index (κ3) is 4.73. The van der Waals surface area contributed by atoms with E-state index >= 15 is 0 Å². The van der Waals surface area contributed by atoms with Gasteiger partial charge in [-0.25, -0.2) is 0 Å². The first-order valence-electron chi connectivity index (χ1n) is 10.1. The van der Waals surface area contributed by atoms with Crippen molar-refractivity contribution in [3.63, 3.8) is 0 Å². The number of carbonyl (C=O) groups excluding carboxylic acids is 1. The van der Waals surface area contributed by atoms with Crippen LogP contribution in [-0.4, -0.2) is 35.0 Å². The molecular formula is C25H22BrN3O3. The van der Waals surface area contributed by atoms with Crippen LogP contribution in [0.25, 0.3) is 11.3 Å². The van der Waals surface area contributed by atoms with E-state index in [1.54, 1.807) is 49.5 Å². The van der Waals surface area contributed by atoms with Gasteiger partial charge in [-0.1, -0.05) is 46.3 Å². The molecule has 0 aliphatic heterocycles. The Hall–Kier alpha value is -3.45. The molecule has 1 unspecified atom stereocenters. The van der Waals surface area contributed by atoms with Crippen LogP contribution < -0.4 is 9.47 Å². The first-order chi connectivity index (χ1) is 15.6. The van der Waals surface area contributed by atoms with Gasteiger partial charge in [0.1, 0.15) is 23.2 Å². The van der Waals surface area contributed by atoms with Crippen LogP contribution in [0.2, 0.25) is 0 Å². The fourth-order valence-corrected chi connectivity index (χ4v) is 4.02. The maximum atomic E-state index is 13.1. The first kappa shape index (κ1) is 21.8. The Balaban J connectivity index is 1.68. The summed E-state index contributed by atoms with van der Waals surface area (Å²) in [4.78, 5) is 14.7. The number of methoxy groups -OCH3 is 2. The molecule has 32 heavy (non-hydrogen) atoms. The van der Waals surface area contributed by atoms with Crippen LogP contribution in [0.3, 0.4) is 0 Å². The highest BCUT2D eigenvalue weighted by molar-refractivity contribution is 9.10. The summed E-state index contributed by atoms with van der Waals surface area (Å²) in [6, 6.07) is 22.2. The minimum atomic E-state index is -0.375. The molecular weight excluding hydrogens is 470 g/mol. The minimum Gasteiger partial charge on any atom is -0.497 e. The van der Waals surface area contributed by atoms with Crippen LogP contribution in [0.1, 0.15) is 28.4 Å². The van der Waals surface area contributed by atoms with E-state index in [4.69, 9.17) is 14.6 Å². The second kappa shape index (κ2) is 9.78. The Labute approximate surface area is 194 Å². The van der Waals surface area contributed by atoms with Gasteiger partial charge in [0.15, 0.2) is 5.78 Å². The zero-order chi connectivity index (χ0) is 22.5. The SMILES string of the molecule is COc1ccc(C(=O)CC(c2ccccc2Br)n2ncc(-c3cccc(OC)c3)n2)cc1. The average molecular weight is 492 g/mol. The lowest BCUT2D eigenvalue weighted by atomic mass is 9.98. The molecule has 3 aromatic carbocycles. The smallest absolute Gasteiger partial charge is 0.165 e. The van der Waals surface area contributed by atoms with Crippen LogP contribution in [-0.2, 0) is 0 Å². The molecule has 0 saturated carbocycles. The lowest BCUT2D eigenvalue weighted by Crippen LogP contribution is -2.18. The highest BCUT2D eigenvalue weighted by Crippen LogP contribution is 2.30. The van der Waals surface area contributed by atoms with Crippen LogP contribution in [0.4, 0.5) is 0 Å². The van der Waals surface area contributed by atoms with Gasteiger partial charge in [0, 0.05) is 22.0 Å². The normalized spacial score (nSPS) is 11.7. The van der Waals surface area contributed by atoms with E-state index < -0.39 is 0 Å². The molecule has 4 aromatic rings. The summed E-state index contributed by atoms with van der Waals surface area (Å²) in [6.45, 7) is 0. The maximum Gasteiger partial charge on any atom is 0.165 e. The molecule has 0 radical (unpaired) electrons. The summed E-state index contributed by atoms with van der Waals surface area (Å²) in [6.07, 6.45) is 1.91. The molecule has 0 amide bonds. The molecule has 0 fully saturated rings. The Kier molecular flexibility index (Phi) is 6.66. The third-order valence-corrected chi connectivity index (χ3v) is 5.93. The van der Waals surface area contributed by atoms with Gasteiger partial charge in [-0.3, -0.25) is 4.79 Å². The van der Waals surface area contributed by atoms with E-state index in [9.17, 15) is 4.79 Å². The van der Waals surface area contributed by atoms with Gasteiger partial charge < -0.3 is 9.47 Å². The number of rotatable bonds is 8. The van der Waals surface area contributed by atoms with Crippen molar-refractivity contribution in [2.75, 3.05) is 14.2 Å². The van der Waals surface area contributed by atoms with Gasteiger partial charge in [-0.15, -0.1) is 0 Å². The summed E-state index contributed by atoms with van der Waals surface area (Å²) in [5.74, 6) is 1.45. The molecule has 0 aliphatic carbocycles. The van der Waals surface area contributed by atoms with Gasteiger partial charge in [0.05, 0.1) is 20.4 Å². The molecule has 0 spiro atoms. The average Bonchev–Trinajstić information content (AvgIpc) is 3.33. The maximum absolute atomic E-state index is 13.1. The number of ether oxygens (including phenoxy) is 2. The first-order valence-corrected chi connectivity index (χ1v) is 10.9. The predicted molar refractivity (Wildman–Crippen MR) is 126 cm³/mol. The van der Waals surface area contributed by atoms with E-state index in [-0.39, 0.29) is 18.2 Å². The van der Waals surface area contributed by atoms with Gasteiger partial charge in [-0.05, 0) is 48.0 Å². The number of Topliss-reactive ketones (excluding diaryl/α,β-unsaturated/α-hetero) is 1. The highest BCUT2D eigenvalue weighted by atomic mass is 79.9. The van der Waals surface area contributed by atoms with Crippen molar-refractivity contribution in [2.24, 2.45) is 0 Å². The molecule has 4 rings (SSSR count). The topological polar surface area (TPSA) is 66.2 Å². The Morgan fingerprint density at radius 3 is 2.44 bits per heavy atom. The number of benzene rings is 3. The minimum absolute atomic E-state index is 0.00589. The van der Waals surface area contributed by atoms with E-state index in [1.165, 1.54) is 0 Å². The summed E-state index contributed by atoms with van der Waals surface area (Å²) >= 11 is 3.62. The summed E-state index contributed by atoms with van der Waals surface area (Å²) in [5.41, 5.74) is 3.14. The summed E-state index contributed by atoms with van der Waals surface area (Å²) in [5, 5.41) is 9.22. The van der Waals surface area contributed by atoms with Crippen LogP contribution in [0, 0.1) is 0 Å². The zero-order valence-corrected chi connectivity index (χ0v) is 19.3. The second-order valence-corrected chi connectivity index (χ2v) is 8.03. The Morgan fingerprint density at radius 1 is 0.969 bits per heavy atom. The molecule has 1 aromatic heterocycles. The van der Waals surface area contributed by atoms with Crippen LogP contribution >= 0.6 is 15.9 Å². The van der Waals surface area contributed by atoms with E-state index in [0.29, 0.717) is 17.0 Å². The Bertz CT molecular complexity index is 1220. The number of halogens is 1. The lowest BCUT2D eigenvalue weighted by Gasteiger charge is -2.18. The molecule has 0 N–H and O–H groups in total. The molecule has 1 atom stereocenters. The quantitative estimate of drug-likeness (QED) is 0.300. The third-order valence-electron chi connectivity index (χ3n) is 5.21. The standard InChI is InChI=1S/C25H22BrN3O3/c1-31-19-12-10-17(11-13-19)25(30)15-24(21-8-3-4-9-22(21)26)29-27-16-23(28-29)18-6-5-7-20(14-18)32-2/h3-14,16,24H,15H2,1-2H3. The summed E-state index contributed by atoms with van der Waals surface area (Å²) < 4.78 is 11.4. The lowest BCUT2D eigenvalue weighted by molar-refractivity contribution is 0.0964. The molecule has 0 bridgehead atoms.